The van der Waals surface area contributed by atoms with Crippen molar-refractivity contribution in [2.24, 2.45) is 22.9 Å². The molecule has 1 fully saturated rings. The lowest BCUT2D eigenvalue weighted by Crippen LogP contribution is -2.60. The van der Waals surface area contributed by atoms with Crippen LogP contribution >= 0.6 is 0 Å². The Kier molecular flexibility index (Phi) is 13.3. The van der Waals surface area contributed by atoms with E-state index in [0.717, 1.165) is 0 Å². The smallest absolute Gasteiger partial charge is 0.316 e. The quantitative estimate of drug-likeness (QED) is 0.127. The largest absolute Gasteiger partial charge is 0.461 e. The molecular formula is C32H52N4O9. The summed E-state index contributed by atoms with van der Waals surface area (Å²) in [5, 5.41) is 3.91. The zero-order valence-electron chi connectivity index (χ0n) is 28.9. The van der Waals surface area contributed by atoms with E-state index in [1.54, 1.807) is 41.5 Å². The molecule has 0 N–H and O–H groups in total. The van der Waals surface area contributed by atoms with Gasteiger partial charge in [0.25, 0.3) is 0 Å². The van der Waals surface area contributed by atoms with Crippen molar-refractivity contribution in [3.8, 4) is 0 Å². The Labute approximate surface area is 266 Å². The van der Waals surface area contributed by atoms with E-state index in [1.807, 2.05) is 25.9 Å². The van der Waals surface area contributed by atoms with Crippen molar-refractivity contribution in [1.82, 2.24) is 4.90 Å². The zero-order chi connectivity index (χ0) is 34.4. The van der Waals surface area contributed by atoms with E-state index >= 15 is 0 Å². The van der Waals surface area contributed by atoms with Crippen LogP contribution in [0.25, 0.3) is 10.4 Å². The van der Waals surface area contributed by atoms with Crippen molar-refractivity contribution in [2.75, 3.05) is 21.2 Å². The Hall–Kier alpha value is -2.83. The van der Waals surface area contributed by atoms with Gasteiger partial charge in [-0.3, -0.25) is 19.2 Å². The van der Waals surface area contributed by atoms with Crippen LogP contribution in [0.15, 0.2) is 16.8 Å². The van der Waals surface area contributed by atoms with E-state index < -0.39 is 71.2 Å². The minimum absolute atomic E-state index is 0.127. The topological polar surface area (TPSA) is 166 Å². The number of likely N-dealkylation sites (N-methyl/N-ethyl adjacent to an activating group) is 1. The fourth-order valence-corrected chi connectivity index (χ4v) is 6.61. The lowest BCUT2D eigenvalue weighted by molar-refractivity contribution is -0.297. The predicted molar refractivity (Wildman–Crippen MR) is 166 cm³/mol. The maximum absolute atomic E-state index is 14.0. The number of methoxy groups -OCH3 is 1. The molecule has 0 amide bonds. The van der Waals surface area contributed by atoms with Gasteiger partial charge in [0, 0.05) is 30.8 Å². The lowest BCUT2D eigenvalue weighted by Gasteiger charge is -2.47. The monoisotopic (exact) mass is 636 g/mol. The first kappa shape index (κ1) is 38.4. The first-order valence-electron chi connectivity index (χ1n) is 15.6. The molecule has 0 bridgehead atoms. The molecule has 1 unspecified atom stereocenters. The molecule has 13 nitrogen and oxygen atoms in total. The number of hydrogen-bond donors (Lipinski definition) is 0. The first-order valence-corrected chi connectivity index (χ1v) is 15.6. The molecule has 0 spiro atoms. The number of rotatable bonds is 7. The average Bonchev–Trinajstić information content (AvgIpc) is 2.96. The average molecular weight is 637 g/mol. The van der Waals surface area contributed by atoms with Gasteiger partial charge in [0.15, 0.2) is 24.0 Å². The minimum atomic E-state index is -1.38. The number of cyclic esters (lactones) is 1. The molecule has 2 aliphatic rings. The highest BCUT2D eigenvalue weighted by atomic mass is 16.7. The molecule has 45 heavy (non-hydrogen) atoms. The zero-order valence-corrected chi connectivity index (χ0v) is 28.9. The highest BCUT2D eigenvalue weighted by Crippen LogP contribution is 2.38. The van der Waals surface area contributed by atoms with Crippen molar-refractivity contribution in [1.29, 1.82) is 0 Å². The van der Waals surface area contributed by atoms with Crippen molar-refractivity contribution >= 4 is 23.5 Å². The van der Waals surface area contributed by atoms with Gasteiger partial charge in [0.1, 0.15) is 17.6 Å². The van der Waals surface area contributed by atoms with Gasteiger partial charge in [-0.1, -0.05) is 32.0 Å². The van der Waals surface area contributed by atoms with E-state index in [0.29, 0.717) is 12.0 Å². The summed E-state index contributed by atoms with van der Waals surface area (Å²) in [6.07, 6.45) is -1.68. The fourth-order valence-electron chi connectivity index (χ4n) is 6.61. The number of allylic oxidation sites excluding steroid dienone is 1. The van der Waals surface area contributed by atoms with Crippen LogP contribution in [0.1, 0.15) is 81.6 Å². The van der Waals surface area contributed by atoms with E-state index in [4.69, 9.17) is 23.7 Å². The van der Waals surface area contributed by atoms with Crippen molar-refractivity contribution in [3.05, 3.63) is 22.1 Å². The molecule has 2 rings (SSSR count). The summed E-state index contributed by atoms with van der Waals surface area (Å²) in [6.45, 7) is 14.8. The van der Waals surface area contributed by atoms with Crippen LogP contribution in [-0.4, -0.2) is 97.5 Å². The number of nitrogens with zero attached hydrogens (tertiary/aromatic N) is 4. The summed E-state index contributed by atoms with van der Waals surface area (Å²) in [6, 6.07) is -0.250. The van der Waals surface area contributed by atoms with Gasteiger partial charge in [-0.15, -0.1) is 0 Å². The summed E-state index contributed by atoms with van der Waals surface area (Å²) < 4.78 is 30.4. The van der Waals surface area contributed by atoms with Crippen LogP contribution in [-0.2, 0) is 42.9 Å². The molecule has 0 aromatic heterocycles. The third-order valence-electron chi connectivity index (χ3n) is 9.18. The number of Topliss-reactive ketones (excluding diaryl/α,β-unsaturated/α-hetero) is 2. The number of carbonyl (C=O) groups is 4. The number of ketones is 2. The molecule has 11 atom stereocenters. The van der Waals surface area contributed by atoms with Crippen LogP contribution < -0.4 is 0 Å². The molecule has 0 saturated carbocycles. The standard InChI is InChI=1S/C32H52N4O9/c1-13-24-31(8,34-35-33)15-17(2)25(38)18(3)16-32(9,41-12)28(20(5)26(39)21(6)29(40)44-24)45-30-27(43-22(7)37)23(36(10)11)14-19(4)42-30/h15,18-21,23-24,27-28,30H,13-14,16H2,1-12H3/b17-15+/t18-,19-,20+,21-,23+,24?,27-,28-,30+,31+,32-/m1/s1. The number of ether oxygens (including phenoxy) is 5. The summed E-state index contributed by atoms with van der Waals surface area (Å²) in [4.78, 5) is 58.3. The second-order valence-electron chi connectivity index (χ2n) is 13.2. The lowest BCUT2D eigenvalue weighted by atomic mass is 9.76. The summed E-state index contributed by atoms with van der Waals surface area (Å²) in [7, 11) is 5.21. The van der Waals surface area contributed by atoms with E-state index in [-0.39, 0.29) is 30.8 Å². The van der Waals surface area contributed by atoms with Gasteiger partial charge in [-0.25, -0.2) is 0 Å². The number of hydrogen-bond acceptors (Lipinski definition) is 11. The molecule has 0 aromatic carbocycles. The van der Waals surface area contributed by atoms with Gasteiger partial charge in [-0.2, -0.15) is 0 Å². The Morgan fingerprint density at radius 1 is 1.18 bits per heavy atom. The maximum Gasteiger partial charge on any atom is 0.316 e. The molecular weight excluding hydrogens is 584 g/mol. The minimum Gasteiger partial charge on any atom is -0.461 e. The van der Waals surface area contributed by atoms with E-state index in [2.05, 4.69) is 10.0 Å². The molecule has 13 heteroatoms. The highest BCUT2D eigenvalue weighted by Gasteiger charge is 2.50. The SMILES string of the molecule is CCC1OC(=O)[C@H](C)C(=O)[C@H](C)[C@@H](O[C@@H]2O[C@H](C)C[C@H](N(C)C)[C@H]2OC(C)=O)[C@](C)(OC)C[C@@H](C)C(=O)/C(C)=C/[C@]1(C)N=[N+]=[N-]. The molecule has 254 valence electrons. The number of azide groups is 1. The van der Waals surface area contributed by atoms with Crippen LogP contribution in [0.5, 0.6) is 0 Å². The Morgan fingerprint density at radius 3 is 2.31 bits per heavy atom. The van der Waals surface area contributed by atoms with Crippen LogP contribution in [0.3, 0.4) is 0 Å². The Balaban J connectivity index is 2.73. The Morgan fingerprint density at radius 2 is 1.80 bits per heavy atom. The van der Waals surface area contributed by atoms with Gasteiger partial charge in [0.05, 0.1) is 23.9 Å². The molecule has 1 saturated heterocycles. The van der Waals surface area contributed by atoms with Crippen molar-refractivity contribution < 1.29 is 42.9 Å². The third-order valence-corrected chi connectivity index (χ3v) is 9.18. The molecule has 0 aliphatic carbocycles. The number of esters is 2. The normalized spacial score (nSPS) is 40.1. The second kappa shape index (κ2) is 15.6. The second-order valence-corrected chi connectivity index (χ2v) is 13.2. The van der Waals surface area contributed by atoms with Crippen LogP contribution in [0, 0.1) is 17.8 Å². The summed E-state index contributed by atoms with van der Waals surface area (Å²) in [5.41, 5.74) is 7.03. The van der Waals surface area contributed by atoms with Gasteiger partial charge in [0.2, 0.25) is 0 Å². The maximum atomic E-state index is 14.0. The predicted octanol–water partition coefficient (Wildman–Crippen LogP) is 4.56. The fraction of sp³-hybridized carbons (Fsp3) is 0.812. The summed E-state index contributed by atoms with van der Waals surface area (Å²) in [5.74, 6) is -4.83. The molecule has 2 aliphatic heterocycles. The molecule has 0 aromatic rings. The third kappa shape index (κ3) is 8.92. The summed E-state index contributed by atoms with van der Waals surface area (Å²) >= 11 is 0. The first-order chi connectivity index (χ1) is 20.8. The van der Waals surface area contributed by atoms with Gasteiger partial charge >= 0.3 is 11.9 Å². The Bertz CT molecular complexity index is 1190. The van der Waals surface area contributed by atoms with Crippen LogP contribution in [0.2, 0.25) is 0 Å². The van der Waals surface area contributed by atoms with Gasteiger partial charge in [-0.05, 0) is 79.1 Å². The van der Waals surface area contributed by atoms with Crippen molar-refractivity contribution in [3.63, 3.8) is 0 Å². The van der Waals surface area contributed by atoms with Crippen LogP contribution in [0.4, 0.5) is 0 Å². The van der Waals surface area contributed by atoms with Gasteiger partial charge < -0.3 is 28.6 Å². The van der Waals surface area contributed by atoms with E-state index in [1.165, 1.54) is 27.0 Å². The van der Waals surface area contributed by atoms with E-state index in [9.17, 15) is 24.7 Å². The highest BCUT2D eigenvalue weighted by molar-refractivity contribution is 6.00. The van der Waals surface area contributed by atoms with Crippen molar-refractivity contribution in [2.45, 2.75) is 129 Å². The molecule has 0 radical (unpaired) electrons. The number of carbonyl (C=O) groups excluding carboxylic acids is 4. The molecule has 2 heterocycles.